The second kappa shape index (κ2) is 8.76. The van der Waals surface area contributed by atoms with Crippen LogP contribution >= 0.6 is 11.6 Å². The number of halogens is 1. The van der Waals surface area contributed by atoms with Crippen LogP contribution in [0.5, 0.6) is 0 Å². The summed E-state index contributed by atoms with van der Waals surface area (Å²) in [6, 6.07) is 17.5. The van der Waals surface area contributed by atoms with Crippen molar-refractivity contribution in [2.45, 2.75) is 29.7 Å². The number of fused-ring (bicyclic) bond motifs is 2. The van der Waals surface area contributed by atoms with Gasteiger partial charge in [0.15, 0.2) is 0 Å². The number of nitrogens with zero attached hydrogens (tertiary/aromatic N) is 1. The summed E-state index contributed by atoms with van der Waals surface area (Å²) in [4.78, 5) is 27.4. The van der Waals surface area contributed by atoms with E-state index in [0.29, 0.717) is 11.6 Å². The van der Waals surface area contributed by atoms with E-state index in [1.807, 2.05) is 6.92 Å². The number of carbonyl (C=O) groups is 2. The van der Waals surface area contributed by atoms with Gasteiger partial charge in [-0.2, -0.15) is 0 Å². The summed E-state index contributed by atoms with van der Waals surface area (Å²) < 4.78 is 26.9. The molecule has 0 fully saturated rings. The van der Waals surface area contributed by atoms with E-state index in [2.05, 4.69) is 5.32 Å². The number of anilines is 1. The Bertz CT molecular complexity index is 1300. The molecule has 0 aromatic heterocycles. The third kappa shape index (κ3) is 4.01. The first-order valence-electron chi connectivity index (χ1n) is 10.2. The van der Waals surface area contributed by atoms with E-state index in [1.54, 1.807) is 36.4 Å². The Balaban J connectivity index is 1.90. The summed E-state index contributed by atoms with van der Waals surface area (Å²) in [5, 5.41) is 3.34. The average Bonchev–Trinajstić information content (AvgIpc) is 2.87. The average molecular weight is 469 g/mol. The van der Waals surface area contributed by atoms with Crippen molar-refractivity contribution in [3.05, 3.63) is 88.4 Å². The summed E-state index contributed by atoms with van der Waals surface area (Å²) in [7, 11) is -3.98. The van der Waals surface area contributed by atoms with E-state index in [4.69, 9.17) is 11.6 Å². The molecule has 8 heteroatoms. The molecule has 1 aliphatic heterocycles. The summed E-state index contributed by atoms with van der Waals surface area (Å²) in [6.07, 6.45) is 0.765. The van der Waals surface area contributed by atoms with Crippen molar-refractivity contribution in [3.63, 3.8) is 0 Å². The molecule has 6 nitrogen and oxygen atoms in total. The maximum absolute atomic E-state index is 13.5. The molecule has 1 heterocycles. The second-order valence-corrected chi connectivity index (χ2v) is 9.78. The summed E-state index contributed by atoms with van der Waals surface area (Å²) in [6.45, 7) is 2.55. The van der Waals surface area contributed by atoms with Crippen LogP contribution in [0.1, 0.15) is 39.6 Å². The number of nitrogens with one attached hydrogen (secondary N) is 1. The van der Waals surface area contributed by atoms with Crippen molar-refractivity contribution < 1.29 is 18.0 Å². The molecule has 0 bridgehead atoms. The Kier molecular flexibility index (Phi) is 6.04. The molecular weight excluding hydrogens is 448 g/mol. The number of sulfone groups is 1. The molecule has 0 unspecified atom stereocenters. The predicted molar refractivity (Wildman–Crippen MR) is 123 cm³/mol. The number of hydrogen-bond acceptors (Lipinski definition) is 4. The van der Waals surface area contributed by atoms with Gasteiger partial charge in [0.25, 0.3) is 11.8 Å². The van der Waals surface area contributed by atoms with E-state index >= 15 is 0 Å². The Labute approximate surface area is 191 Å². The fourth-order valence-corrected chi connectivity index (χ4v) is 5.37. The van der Waals surface area contributed by atoms with Gasteiger partial charge in [0.2, 0.25) is 9.84 Å². The predicted octanol–water partition coefficient (Wildman–Crippen LogP) is 4.47. The van der Waals surface area contributed by atoms with Crippen LogP contribution < -0.4 is 10.2 Å². The highest BCUT2D eigenvalue weighted by atomic mass is 35.5. The SMILES string of the molecule is CCCNC(=O)c1ccc2c(c1)N(Cc1ccc(Cl)cc1)C(=O)c1ccccc1S2(=O)=O. The van der Waals surface area contributed by atoms with Crippen molar-refractivity contribution in [3.8, 4) is 0 Å². The number of carbonyl (C=O) groups excluding carboxylic acids is 2. The number of benzene rings is 3. The first-order chi connectivity index (χ1) is 15.3. The van der Waals surface area contributed by atoms with Crippen molar-refractivity contribution in [1.82, 2.24) is 5.32 Å². The zero-order valence-electron chi connectivity index (χ0n) is 17.3. The molecule has 0 radical (unpaired) electrons. The zero-order chi connectivity index (χ0) is 22.9. The van der Waals surface area contributed by atoms with E-state index in [-0.39, 0.29) is 39.1 Å². The molecule has 3 aromatic rings. The van der Waals surface area contributed by atoms with Gasteiger partial charge in [-0.15, -0.1) is 0 Å². The van der Waals surface area contributed by atoms with Crippen LogP contribution in [-0.2, 0) is 16.4 Å². The smallest absolute Gasteiger partial charge is 0.259 e. The third-order valence-electron chi connectivity index (χ3n) is 5.24. The topological polar surface area (TPSA) is 83.6 Å². The van der Waals surface area contributed by atoms with Gasteiger partial charge >= 0.3 is 0 Å². The van der Waals surface area contributed by atoms with E-state index in [9.17, 15) is 18.0 Å². The van der Waals surface area contributed by atoms with Crippen LogP contribution in [0.3, 0.4) is 0 Å². The van der Waals surface area contributed by atoms with Gasteiger partial charge in [-0.3, -0.25) is 9.59 Å². The Morgan fingerprint density at radius 1 is 1.00 bits per heavy atom. The van der Waals surface area contributed by atoms with Crippen molar-refractivity contribution >= 4 is 38.9 Å². The van der Waals surface area contributed by atoms with E-state index < -0.39 is 15.7 Å². The normalized spacial score (nSPS) is 14.3. The largest absolute Gasteiger partial charge is 0.352 e. The second-order valence-electron chi connectivity index (χ2n) is 7.46. The minimum absolute atomic E-state index is 0.0168. The highest BCUT2D eigenvalue weighted by Crippen LogP contribution is 2.38. The number of amides is 2. The molecule has 1 aliphatic rings. The zero-order valence-corrected chi connectivity index (χ0v) is 18.9. The molecule has 0 spiro atoms. The first kappa shape index (κ1) is 22.0. The van der Waals surface area contributed by atoms with Gasteiger partial charge in [0, 0.05) is 17.1 Å². The molecule has 0 atom stereocenters. The van der Waals surface area contributed by atoms with E-state index in [1.165, 1.54) is 35.2 Å². The standard InChI is InChI=1S/C24H21ClN2O4S/c1-2-13-26-23(28)17-9-12-22-20(14-17)27(15-16-7-10-18(25)11-8-16)24(29)19-5-3-4-6-21(19)32(22,30)31/h3-12,14H,2,13,15H2,1H3,(H,26,28). The Hall–Kier alpha value is -3.16. The highest BCUT2D eigenvalue weighted by molar-refractivity contribution is 7.91. The first-order valence-corrected chi connectivity index (χ1v) is 12.0. The molecule has 0 aliphatic carbocycles. The molecule has 4 rings (SSSR count). The van der Waals surface area contributed by atoms with Crippen LogP contribution in [0.2, 0.25) is 5.02 Å². The molecule has 0 saturated heterocycles. The van der Waals surface area contributed by atoms with Gasteiger partial charge in [-0.05, 0) is 54.4 Å². The van der Waals surface area contributed by atoms with Gasteiger partial charge in [-0.25, -0.2) is 8.42 Å². The van der Waals surface area contributed by atoms with Crippen LogP contribution in [0, 0.1) is 0 Å². The summed E-state index contributed by atoms with van der Waals surface area (Å²) in [5.74, 6) is -0.781. The van der Waals surface area contributed by atoms with Crippen LogP contribution in [0.25, 0.3) is 0 Å². The van der Waals surface area contributed by atoms with Crippen LogP contribution in [0.15, 0.2) is 76.5 Å². The number of hydrogen-bond donors (Lipinski definition) is 1. The fourth-order valence-electron chi connectivity index (χ4n) is 3.62. The van der Waals surface area contributed by atoms with Crippen LogP contribution in [-0.4, -0.2) is 26.8 Å². The lowest BCUT2D eigenvalue weighted by molar-refractivity contribution is 0.0950. The molecule has 164 valence electrons. The van der Waals surface area contributed by atoms with Crippen molar-refractivity contribution in [2.75, 3.05) is 11.4 Å². The quantitative estimate of drug-likeness (QED) is 0.598. The lowest BCUT2D eigenvalue weighted by atomic mass is 10.1. The maximum Gasteiger partial charge on any atom is 0.259 e. The number of rotatable bonds is 5. The molecule has 1 N–H and O–H groups in total. The minimum atomic E-state index is -3.98. The van der Waals surface area contributed by atoms with Crippen LogP contribution in [0.4, 0.5) is 5.69 Å². The molecule has 32 heavy (non-hydrogen) atoms. The van der Waals surface area contributed by atoms with Crippen molar-refractivity contribution in [1.29, 1.82) is 0 Å². The fraction of sp³-hybridized carbons (Fsp3) is 0.167. The molecule has 2 amide bonds. The lowest BCUT2D eigenvalue weighted by Crippen LogP contribution is -2.31. The lowest BCUT2D eigenvalue weighted by Gasteiger charge is -2.23. The van der Waals surface area contributed by atoms with Gasteiger partial charge in [-0.1, -0.05) is 42.8 Å². The Morgan fingerprint density at radius 2 is 1.72 bits per heavy atom. The van der Waals surface area contributed by atoms with Crippen molar-refractivity contribution in [2.24, 2.45) is 0 Å². The molecule has 0 saturated carbocycles. The van der Waals surface area contributed by atoms with Gasteiger partial charge in [0.05, 0.1) is 27.6 Å². The minimum Gasteiger partial charge on any atom is -0.352 e. The maximum atomic E-state index is 13.5. The van der Waals surface area contributed by atoms with E-state index in [0.717, 1.165) is 12.0 Å². The Morgan fingerprint density at radius 3 is 2.44 bits per heavy atom. The monoisotopic (exact) mass is 468 g/mol. The summed E-state index contributed by atoms with van der Waals surface area (Å²) >= 11 is 5.99. The van der Waals surface area contributed by atoms with Gasteiger partial charge < -0.3 is 10.2 Å². The summed E-state index contributed by atoms with van der Waals surface area (Å²) in [5.41, 5.74) is 1.32. The molecular formula is C24H21ClN2O4S. The third-order valence-corrected chi connectivity index (χ3v) is 7.35. The highest BCUT2D eigenvalue weighted by Gasteiger charge is 2.36. The molecule has 3 aromatic carbocycles. The van der Waals surface area contributed by atoms with Gasteiger partial charge in [0.1, 0.15) is 0 Å².